The molecule has 1 unspecified atom stereocenters. The Morgan fingerprint density at radius 3 is 2.40 bits per heavy atom. The van der Waals surface area contributed by atoms with Crippen LogP contribution in [0.4, 0.5) is 0 Å². The fourth-order valence-electron chi connectivity index (χ4n) is 0.827. The first-order chi connectivity index (χ1) is 4.68. The average molecular weight is 138 g/mol. The molecule has 1 atom stereocenters. The molecule has 0 spiro atoms. The Hall–Kier alpha value is -0.510. The van der Waals surface area contributed by atoms with Crippen molar-refractivity contribution < 1.29 is 0 Å². The maximum atomic E-state index is 8.70. The molecule has 0 heterocycles. The Morgan fingerprint density at radius 1 is 1.50 bits per heavy atom. The molecule has 10 heavy (non-hydrogen) atoms. The lowest BCUT2D eigenvalue weighted by Crippen LogP contribution is -2.11. The SMILES string of the molecule is [CH2]C(C#N)(CC)CCCC. The van der Waals surface area contributed by atoms with Crippen molar-refractivity contribution in [2.45, 2.75) is 39.5 Å². The summed E-state index contributed by atoms with van der Waals surface area (Å²) in [4.78, 5) is 0. The van der Waals surface area contributed by atoms with Crippen LogP contribution in [0.15, 0.2) is 0 Å². The van der Waals surface area contributed by atoms with E-state index in [-0.39, 0.29) is 5.41 Å². The van der Waals surface area contributed by atoms with Gasteiger partial charge in [-0.3, -0.25) is 0 Å². The van der Waals surface area contributed by atoms with Crippen LogP contribution in [-0.2, 0) is 0 Å². The van der Waals surface area contributed by atoms with E-state index in [0.717, 1.165) is 25.7 Å². The standard InChI is InChI=1S/C9H16N/c1-4-6-7-9(3,5-2)8-10/h3-7H2,1-2H3. The molecule has 1 radical (unpaired) electrons. The molecule has 0 saturated carbocycles. The number of hydrogen-bond donors (Lipinski definition) is 0. The predicted octanol–water partition coefficient (Wildman–Crippen LogP) is 2.93. The highest BCUT2D eigenvalue weighted by molar-refractivity contribution is 4.99. The first kappa shape index (κ1) is 9.49. The van der Waals surface area contributed by atoms with E-state index in [1.807, 2.05) is 6.92 Å². The van der Waals surface area contributed by atoms with Crippen molar-refractivity contribution in [3.05, 3.63) is 6.92 Å². The van der Waals surface area contributed by atoms with Gasteiger partial charge in [0, 0.05) is 0 Å². The van der Waals surface area contributed by atoms with Crippen molar-refractivity contribution in [3.8, 4) is 6.07 Å². The normalized spacial score (nSPS) is 15.8. The highest BCUT2D eigenvalue weighted by atomic mass is 14.3. The summed E-state index contributed by atoms with van der Waals surface area (Å²) in [5.74, 6) is 0. The fourth-order valence-corrected chi connectivity index (χ4v) is 0.827. The second-order valence-electron chi connectivity index (χ2n) is 2.85. The third-order valence-electron chi connectivity index (χ3n) is 1.92. The lowest BCUT2D eigenvalue weighted by molar-refractivity contribution is 0.424. The molecule has 0 amide bonds. The molecule has 0 aromatic heterocycles. The summed E-state index contributed by atoms with van der Waals surface area (Å²) in [7, 11) is 0. The molecule has 0 aliphatic carbocycles. The number of nitriles is 1. The molecular formula is C9H16N. The van der Waals surface area contributed by atoms with Gasteiger partial charge >= 0.3 is 0 Å². The van der Waals surface area contributed by atoms with E-state index < -0.39 is 0 Å². The summed E-state index contributed by atoms with van der Waals surface area (Å²) < 4.78 is 0. The average Bonchev–Trinajstić information content (AvgIpc) is 2.00. The van der Waals surface area contributed by atoms with Crippen LogP contribution >= 0.6 is 0 Å². The Labute approximate surface area is 64.1 Å². The van der Waals surface area contributed by atoms with Crippen molar-refractivity contribution >= 4 is 0 Å². The number of rotatable bonds is 4. The summed E-state index contributed by atoms with van der Waals surface area (Å²) in [6.45, 7) is 8.04. The second kappa shape index (κ2) is 4.33. The van der Waals surface area contributed by atoms with Gasteiger partial charge in [0.25, 0.3) is 0 Å². The molecule has 1 heteroatoms. The molecule has 0 rings (SSSR count). The summed E-state index contributed by atoms with van der Waals surface area (Å²) >= 11 is 0. The molecule has 0 aliphatic heterocycles. The molecule has 1 nitrogen and oxygen atoms in total. The third kappa shape index (κ3) is 2.87. The van der Waals surface area contributed by atoms with E-state index in [4.69, 9.17) is 5.26 Å². The van der Waals surface area contributed by atoms with Gasteiger partial charge in [-0.25, -0.2) is 0 Å². The van der Waals surface area contributed by atoms with Crippen molar-refractivity contribution in [3.63, 3.8) is 0 Å². The minimum atomic E-state index is -0.310. The smallest absolute Gasteiger partial charge is 0.0689 e. The van der Waals surface area contributed by atoms with Crippen LogP contribution in [0.3, 0.4) is 0 Å². The Morgan fingerprint density at radius 2 is 2.10 bits per heavy atom. The lowest BCUT2D eigenvalue weighted by Gasteiger charge is -2.17. The van der Waals surface area contributed by atoms with Crippen LogP contribution in [0.5, 0.6) is 0 Å². The maximum absolute atomic E-state index is 8.70. The topological polar surface area (TPSA) is 23.8 Å². The zero-order valence-electron chi connectivity index (χ0n) is 6.98. The van der Waals surface area contributed by atoms with Crippen LogP contribution in [-0.4, -0.2) is 0 Å². The Kier molecular flexibility index (Phi) is 4.11. The van der Waals surface area contributed by atoms with Gasteiger partial charge in [0.15, 0.2) is 0 Å². The molecule has 0 saturated heterocycles. The second-order valence-corrected chi connectivity index (χ2v) is 2.85. The molecule has 0 aliphatic rings. The fraction of sp³-hybridized carbons (Fsp3) is 0.778. The molecule has 0 N–H and O–H groups in total. The van der Waals surface area contributed by atoms with Crippen molar-refractivity contribution in [1.29, 1.82) is 5.26 Å². The summed E-state index contributed by atoms with van der Waals surface area (Å²) in [5, 5.41) is 8.70. The zero-order valence-corrected chi connectivity index (χ0v) is 6.98. The van der Waals surface area contributed by atoms with Crippen LogP contribution in [0.25, 0.3) is 0 Å². The van der Waals surface area contributed by atoms with E-state index >= 15 is 0 Å². The summed E-state index contributed by atoms with van der Waals surface area (Å²) in [6, 6.07) is 2.25. The highest BCUT2D eigenvalue weighted by Crippen LogP contribution is 2.25. The van der Waals surface area contributed by atoms with Gasteiger partial charge in [0.05, 0.1) is 11.5 Å². The van der Waals surface area contributed by atoms with Gasteiger partial charge in [0.2, 0.25) is 0 Å². The first-order valence-corrected chi connectivity index (χ1v) is 3.95. The number of hydrogen-bond acceptors (Lipinski definition) is 1. The van der Waals surface area contributed by atoms with Crippen LogP contribution < -0.4 is 0 Å². The number of nitrogens with zero attached hydrogens (tertiary/aromatic N) is 1. The molecule has 0 aromatic carbocycles. The van der Waals surface area contributed by atoms with E-state index in [1.165, 1.54) is 0 Å². The summed E-state index contributed by atoms with van der Waals surface area (Å²) in [5.41, 5.74) is -0.310. The molecule has 57 valence electrons. The largest absolute Gasteiger partial charge is 0.198 e. The lowest BCUT2D eigenvalue weighted by atomic mass is 9.84. The molecular weight excluding hydrogens is 122 g/mol. The third-order valence-corrected chi connectivity index (χ3v) is 1.92. The summed E-state index contributed by atoms with van der Waals surface area (Å²) in [6.07, 6.45) is 4.07. The van der Waals surface area contributed by atoms with Gasteiger partial charge in [-0.2, -0.15) is 5.26 Å². The molecule has 0 bridgehead atoms. The van der Waals surface area contributed by atoms with Crippen LogP contribution in [0.1, 0.15) is 39.5 Å². The van der Waals surface area contributed by atoms with E-state index in [0.29, 0.717) is 0 Å². The maximum Gasteiger partial charge on any atom is 0.0689 e. The van der Waals surface area contributed by atoms with Crippen molar-refractivity contribution in [1.82, 2.24) is 0 Å². The quantitative estimate of drug-likeness (QED) is 0.586. The van der Waals surface area contributed by atoms with Crippen molar-refractivity contribution in [2.24, 2.45) is 5.41 Å². The number of unbranched alkanes of at least 4 members (excludes halogenated alkanes) is 1. The van der Waals surface area contributed by atoms with E-state index in [2.05, 4.69) is 19.9 Å². The van der Waals surface area contributed by atoms with Gasteiger partial charge < -0.3 is 0 Å². The highest BCUT2D eigenvalue weighted by Gasteiger charge is 2.19. The molecule has 0 fully saturated rings. The predicted molar refractivity (Wildman–Crippen MR) is 43.2 cm³/mol. The monoisotopic (exact) mass is 138 g/mol. The van der Waals surface area contributed by atoms with Gasteiger partial charge in [-0.1, -0.05) is 26.7 Å². The zero-order chi connectivity index (χ0) is 8.04. The van der Waals surface area contributed by atoms with E-state index in [9.17, 15) is 0 Å². The first-order valence-electron chi connectivity index (χ1n) is 3.95. The minimum absolute atomic E-state index is 0.310. The van der Waals surface area contributed by atoms with Crippen molar-refractivity contribution in [2.75, 3.05) is 0 Å². The van der Waals surface area contributed by atoms with Crippen LogP contribution in [0, 0.1) is 23.7 Å². The van der Waals surface area contributed by atoms with Gasteiger partial charge in [0.1, 0.15) is 0 Å². The van der Waals surface area contributed by atoms with Crippen LogP contribution in [0.2, 0.25) is 0 Å². The Balaban J connectivity index is 3.72. The van der Waals surface area contributed by atoms with Gasteiger partial charge in [-0.05, 0) is 19.8 Å². The van der Waals surface area contributed by atoms with Gasteiger partial charge in [-0.15, -0.1) is 0 Å². The Bertz CT molecular complexity index is 123. The molecule has 0 aromatic rings. The minimum Gasteiger partial charge on any atom is -0.198 e. The van der Waals surface area contributed by atoms with E-state index in [1.54, 1.807) is 0 Å².